The van der Waals surface area contributed by atoms with E-state index in [1.807, 2.05) is 24.3 Å². The molecule has 0 aliphatic carbocycles. The summed E-state index contributed by atoms with van der Waals surface area (Å²) in [6.07, 6.45) is 1.80. The molecule has 0 bridgehead atoms. The van der Waals surface area contributed by atoms with Gasteiger partial charge in [0.25, 0.3) is 21.8 Å². The van der Waals surface area contributed by atoms with Gasteiger partial charge in [0.2, 0.25) is 5.09 Å². The Morgan fingerprint density at radius 1 is 1.00 bits per heavy atom. The minimum atomic E-state index is -3.91. The number of para-hydroxylation sites is 1. The zero-order valence-corrected chi connectivity index (χ0v) is 16.2. The summed E-state index contributed by atoms with van der Waals surface area (Å²) in [5.41, 5.74) is 6.46. The molecule has 0 spiro atoms. The summed E-state index contributed by atoms with van der Waals surface area (Å²) in [5.74, 6) is -0.507. The highest BCUT2D eigenvalue weighted by Crippen LogP contribution is 2.27. The third kappa shape index (κ3) is 3.64. The lowest BCUT2D eigenvalue weighted by atomic mass is 10.1. The molecule has 0 radical (unpaired) electrons. The number of hydrogen-bond donors (Lipinski definition) is 1. The molecule has 1 saturated heterocycles. The first-order valence-corrected chi connectivity index (χ1v) is 10.4. The number of nitrogens with two attached hydrogens (primary N) is 1. The van der Waals surface area contributed by atoms with Crippen LogP contribution in [0.15, 0.2) is 51.5 Å². The number of fused-ring (bicyclic) bond motifs is 1. The molecule has 1 aromatic heterocycles. The zero-order chi connectivity index (χ0) is 20.6. The monoisotopic (exact) mass is 417 g/mol. The standard InChI is InChI=1S/C19H19N3O6S/c20-18(23)16-5-6-17(28-16)29(25,26)22-9-7-21(8-10-22)19(24)14-11-13-3-1-2-4-15(13)27-12-14/h1-6,11H,7-10,12H2,(H2,20,23). The van der Waals surface area contributed by atoms with Gasteiger partial charge in [-0.25, -0.2) is 8.42 Å². The summed E-state index contributed by atoms with van der Waals surface area (Å²) in [7, 11) is -3.91. The number of piperazine rings is 1. The maximum Gasteiger partial charge on any atom is 0.284 e. The Morgan fingerprint density at radius 2 is 1.72 bits per heavy atom. The van der Waals surface area contributed by atoms with Crippen molar-refractivity contribution in [2.45, 2.75) is 5.09 Å². The van der Waals surface area contributed by atoms with E-state index in [0.29, 0.717) is 5.57 Å². The summed E-state index contributed by atoms with van der Waals surface area (Å²) in [5, 5.41) is -0.342. The summed E-state index contributed by atoms with van der Waals surface area (Å²) >= 11 is 0. The van der Waals surface area contributed by atoms with Gasteiger partial charge in [-0.2, -0.15) is 4.31 Å². The Morgan fingerprint density at radius 3 is 2.41 bits per heavy atom. The average Bonchev–Trinajstić information content (AvgIpc) is 3.24. The molecule has 2 aliphatic rings. The SMILES string of the molecule is NC(=O)c1ccc(S(=O)(=O)N2CCN(C(=O)C3=Cc4ccccc4OC3)CC2)o1. The topological polar surface area (TPSA) is 123 Å². The quantitative estimate of drug-likeness (QED) is 0.781. The molecule has 1 aromatic carbocycles. The molecule has 3 heterocycles. The molecule has 4 rings (SSSR count). The lowest BCUT2D eigenvalue weighted by Crippen LogP contribution is -2.51. The van der Waals surface area contributed by atoms with Crippen LogP contribution in [0.2, 0.25) is 0 Å². The predicted octanol–water partition coefficient (Wildman–Crippen LogP) is 0.687. The van der Waals surface area contributed by atoms with Crippen molar-refractivity contribution in [3.05, 3.63) is 53.3 Å². The molecule has 0 unspecified atom stereocenters. The molecule has 2 amide bonds. The van der Waals surface area contributed by atoms with E-state index >= 15 is 0 Å². The molecule has 2 aromatic rings. The molecule has 9 nitrogen and oxygen atoms in total. The molecule has 2 aliphatic heterocycles. The van der Waals surface area contributed by atoms with Gasteiger partial charge in [0.05, 0.1) is 5.57 Å². The number of nitrogens with zero attached hydrogens (tertiary/aromatic N) is 2. The van der Waals surface area contributed by atoms with Crippen molar-refractivity contribution < 1.29 is 27.2 Å². The van der Waals surface area contributed by atoms with Crippen molar-refractivity contribution in [2.24, 2.45) is 5.73 Å². The van der Waals surface area contributed by atoms with Gasteiger partial charge in [-0.3, -0.25) is 9.59 Å². The number of carbonyl (C=O) groups excluding carboxylic acids is 2. The van der Waals surface area contributed by atoms with Crippen molar-refractivity contribution in [1.82, 2.24) is 9.21 Å². The van der Waals surface area contributed by atoms with E-state index in [9.17, 15) is 18.0 Å². The molecular weight excluding hydrogens is 398 g/mol. The van der Waals surface area contributed by atoms with E-state index in [1.165, 1.54) is 16.4 Å². The number of sulfonamides is 1. The van der Waals surface area contributed by atoms with Crippen LogP contribution < -0.4 is 10.5 Å². The van der Waals surface area contributed by atoms with Crippen molar-refractivity contribution in [1.29, 1.82) is 0 Å². The fourth-order valence-corrected chi connectivity index (χ4v) is 4.63. The van der Waals surface area contributed by atoms with Crippen molar-refractivity contribution >= 4 is 27.9 Å². The normalized spacial score (nSPS) is 17.2. The summed E-state index contributed by atoms with van der Waals surface area (Å²) in [4.78, 5) is 25.5. The van der Waals surface area contributed by atoms with Crippen LogP contribution in [0.1, 0.15) is 16.1 Å². The van der Waals surface area contributed by atoms with Gasteiger partial charge < -0.3 is 19.8 Å². The largest absolute Gasteiger partial charge is 0.488 e. The molecule has 1 fully saturated rings. The number of furan rings is 1. The molecule has 10 heteroatoms. The molecule has 2 N–H and O–H groups in total. The first-order valence-electron chi connectivity index (χ1n) is 8.98. The van der Waals surface area contributed by atoms with E-state index in [2.05, 4.69) is 0 Å². The molecule has 0 saturated carbocycles. The van der Waals surface area contributed by atoms with E-state index < -0.39 is 15.9 Å². The number of primary amides is 1. The fraction of sp³-hybridized carbons (Fsp3) is 0.263. The number of amides is 2. The van der Waals surface area contributed by atoms with Crippen molar-refractivity contribution in [3.63, 3.8) is 0 Å². The van der Waals surface area contributed by atoms with E-state index in [1.54, 1.807) is 11.0 Å². The van der Waals surface area contributed by atoms with Crippen LogP contribution in [-0.4, -0.2) is 62.2 Å². The number of ether oxygens (including phenoxy) is 1. The van der Waals surface area contributed by atoms with Gasteiger partial charge in [-0.15, -0.1) is 0 Å². The second-order valence-corrected chi connectivity index (χ2v) is 8.54. The number of benzene rings is 1. The van der Waals surface area contributed by atoms with Crippen LogP contribution in [0.3, 0.4) is 0 Å². The smallest absolute Gasteiger partial charge is 0.284 e. The van der Waals surface area contributed by atoms with Gasteiger partial charge >= 0.3 is 0 Å². The Balaban J connectivity index is 1.43. The maximum atomic E-state index is 12.8. The minimum absolute atomic E-state index is 0.116. The minimum Gasteiger partial charge on any atom is -0.488 e. The van der Waals surface area contributed by atoms with Gasteiger partial charge in [-0.1, -0.05) is 18.2 Å². The van der Waals surface area contributed by atoms with Gasteiger partial charge in [0.15, 0.2) is 5.76 Å². The second kappa shape index (κ2) is 7.37. The van der Waals surface area contributed by atoms with Crippen LogP contribution in [0.25, 0.3) is 6.08 Å². The Kier molecular flexibility index (Phi) is 4.89. The van der Waals surface area contributed by atoms with E-state index in [0.717, 1.165) is 11.3 Å². The number of hydrogen-bond acceptors (Lipinski definition) is 6. The van der Waals surface area contributed by atoms with E-state index in [4.69, 9.17) is 14.9 Å². The van der Waals surface area contributed by atoms with Gasteiger partial charge in [-0.05, 0) is 24.3 Å². The molecule has 29 heavy (non-hydrogen) atoms. The number of carbonyl (C=O) groups is 2. The second-order valence-electron chi connectivity index (χ2n) is 6.68. The van der Waals surface area contributed by atoms with Crippen LogP contribution in [0, 0.1) is 0 Å². The predicted molar refractivity (Wildman–Crippen MR) is 102 cm³/mol. The lowest BCUT2D eigenvalue weighted by molar-refractivity contribution is -0.128. The lowest BCUT2D eigenvalue weighted by Gasteiger charge is -2.34. The van der Waals surface area contributed by atoms with Crippen molar-refractivity contribution in [3.8, 4) is 5.75 Å². The third-order valence-corrected chi connectivity index (χ3v) is 6.62. The first kappa shape index (κ1) is 19.2. The van der Waals surface area contributed by atoms with Gasteiger partial charge in [0, 0.05) is 31.7 Å². The van der Waals surface area contributed by atoms with Crippen LogP contribution in [-0.2, 0) is 14.8 Å². The van der Waals surface area contributed by atoms with Crippen LogP contribution >= 0.6 is 0 Å². The molecule has 152 valence electrons. The highest BCUT2D eigenvalue weighted by atomic mass is 32.2. The third-order valence-electron chi connectivity index (χ3n) is 4.85. The first-order chi connectivity index (χ1) is 13.9. The maximum absolute atomic E-state index is 12.8. The number of rotatable bonds is 4. The summed E-state index contributed by atoms with van der Waals surface area (Å²) in [6, 6.07) is 9.88. The summed E-state index contributed by atoms with van der Waals surface area (Å²) in [6.45, 7) is 0.883. The highest BCUT2D eigenvalue weighted by molar-refractivity contribution is 7.89. The van der Waals surface area contributed by atoms with Gasteiger partial charge in [0.1, 0.15) is 12.4 Å². The Hall–Kier alpha value is -3.11. The van der Waals surface area contributed by atoms with E-state index in [-0.39, 0.29) is 49.5 Å². The fourth-order valence-electron chi connectivity index (χ4n) is 3.29. The summed E-state index contributed by atoms with van der Waals surface area (Å²) < 4.78 is 37.3. The average molecular weight is 417 g/mol. The van der Waals surface area contributed by atoms with Crippen LogP contribution in [0.5, 0.6) is 5.75 Å². The Labute approximate surface area is 167 Å². The Bertz CT molecular complexity index is 1100. The molecule has 0 atom stereocenters. The molecular formula is C19H19N3O6S. The zero-order valence-electron chi connectivity index (χ0n) is 15.4. The highest BCUT2D eigenvalue weighted by Gasteiger charge is 2.33. The van der Waals surface area contributed by atoms with Crippen LogP contribution in [0.4, 0.5) is 0 Å². The van der Waals surface area contributed by atoms with Crippen molar-refractivity contribution in [2.75, 3.05) is 32.8 Å².